The molecule has 1 saturated heterocycles. The van der Waals surface area contributed by atoms with E-state index in [1.807, 2.05) is 0 Å². The molecule has 108 valence electrons. The number of carbonyl (C=O) groups excluding carboxylic acids is 2. The average molecular weight is 281 g/mol. The minimum Gasteiger partial charge on any atom is -0.477 e. The molecule has 2 rings (SSSR count). The zero-order valence-corrected chi connectivity index (χ0v) is 11.0. The van der Waals surface area contributed by atoms with Crippen LogP contribution in [0.2, 0.25) is 0 Å². The minimum absolute atomic E-state index is 0.136. The van der Waals surface area contributed by atoms with Crippen molar-refractivity contribution in [2.24, 2.45) is 5.92 Å². The number of H-pyrrole nitrogens is 1. The van der Waals surface area contributed by atoms with E-state index >= 15 is 0 Å². The Balaban J connectivity index is 2.14. The topological polar surface area (TPSA) is 113 Å². The Hall–Kier alpha value is -2.38. The number of ether oxygens (including phenoxy) is 1. The second kappa shape index (κ2) is 5.72. The van der Waals surface area contributed by atoms with Gasteiger partial charge in [0.25, 0.3) is 5.91 Å². The quantitative estimate of drug-likeness (QED) is 0.762. The van der Waals surface area contributed by atoms with Crippen molar-refractivity contribution < 1.29 is 24.2 Å². The number of aromatic nitrogens is 2. The molecule has 1 unspecified atom stereocenters. The Kier molecular flexibility index (Phi) is 4.02. The number of aromatic carboxylic acids is 1. The molecular weight excluding hydrogens is 266 g/mol. The third-order valence-electron chi connectivity index (χ3n) is 3.30. The monoisotopic (exact) mass is 281 g/mol. The molecule has 0 radical (unpaired) electrons. The van der Waals surface area contributed by atoms with E-state index < -0.39 is 11.9 Å². The van der Waals surface area contributed by atoms with Gasteiger partial charge < -0.3 is 19.7 Å². The van der Waals surface area contributed by atoms with Gasteiger partial charge in [0.05, 0.1) is 19.4 Å². The largest absolute Gasteiger partial charge is 0.477 e. The smallest absolute Gasteiger partial charge is 0.354 e. The van der Waals surface area contributed by atoms with Gasteiger partial charge in [0, 0.05) is 13.1 Å². The first kappa shape index (κ1) is 14.0. The van der Waals surface area contributed by atoms with E-state index in [9.17, 15) is 14.4 Å². The molecule has 8 nitrogen and oxygen atoms in total. The average Bonchev–Trinajstić information content (AvgIpc) is 2.95. The highest BCUT2D eigenvalue weighted by Crippen LogP contribution is 2.20. The second-order valence-electron chi connectivity index (χ2n) is 4.54. The van der Waals surface area contributed by atoms with Crippen LogP contribution >= 0.6 is 0 Å². The summed E-state index contributed by atoms with van der Waals surface area (Å²) >= 11 is 0. The number of hydrogen-bond donors (Lipinski definition) is 2. The number of nitrogens with one attached hydrogen (secondary N) is 1. The number of imidazole rings is 1. The second-order valence-corrected chi connectivity index (χ2v) is 4.54. The summed E-state index contributed by atoms with van der Waals surface area (Å²) in [7, 11) is 1.30. The fourth-order valence-electron chi connectivity index (χ4n) is 2.29. The van der Waals surface area contributed by atoms with Crippen molar-refractivity contribution in [1.29, 1.82) is 0 Å². The maximum absolute atomic E-state index is 12.3. The summed E-state index contributed by atoms with van der Waals surface area (Å²) < 4.78 is 4.68. The Bertz CT molecular complexity index is 539. The first-order valence-electron chi connectivity index (χ1n) is 6.18. The van der Waals surface area contributed by atoms with Crippen molar-refractivity contribution in [2.75, 3.05) is 20.2 Å². The molecule has 1 fully saturated rings. The van der Waals surface area contributed by atoms with Crippen LogP contribution in [0.15, 0.2) is 6.33 Å². The zero-order chi connectivity index (χ0) is 14.7. The SMILES string of the molecule is COC(=O)C1CCCN(C(=O)c2nc[nH]c2C(=O)O)C1. The van der Waals surface area contributed by atoms with Gasteiger partial charge in [-0.15, -0.1) is 0 Å². The van der Waals surface area contributed by atoms with Gasteiger partial charge in [0.2, 0.25) is 0 Å². The van der Waals surface area contributed by atoms with Crippen LogP contribution in [0.25, 0.3) is 0 Å². The lowest BCUT2D eigenvalue weighted by Gasteiger charge is -2.30. The molecule has 2 heterocycles. The van der Waals surface area contributed by atoms with E-state index in [-0.39, 0.29) is 29.8 Å². The number of methoxy groups -OCH3 is 1. The molecule has 1 amide bonds. The van der Waals surface area contributed by atoms with Crippen molar-refractivity contribution in [3.05, 3.63) is 17.7 Å². The van der Waals surface area contributed by atoms with Crippen LogP contribution in [-0.4, -0.2) is 58.0 Å². The summed E-state index contributed by atoms with van der Waals surface area (Å²) in [6, 6.07) is 0. The summed E-state index contributed by atoms with van der Waals surface area (Å²) in [5.41, 5.74) is -0.377. The lowest BCUT2D eigenvalue weighted by atomic mass is 9.98. The van der Waals surface area contributed by atoms with Crippen molar-refractivity contribution in [2.45, 2.75) is 12.8 Å². The zero-order valence-electron chi connectivity index (χ0n) is 11.0. The molecule has 1 aliphatic rings. The molecule has 0 aromatic carbocycles. The molecule has 1 aromatic heterocycles. The third-order valence-corrected chi connectivity index (χ3v) is 3.30. The van der Waals surface area contributed by atoms with E-state index in [1.165, 1.54) is 18.3 Å². The minimum atomic E-state index is -1.24. The van der Waals surface area contributed by atoms with Crippen molar-refractivity contribution in [1.82, 2.24) is 14.9 Å². The molecule has 2 N–H and O–H groups in total. The fraction of sp³-hybridized carbons (Fsp3) is 0.500. The number of esters is 1. The third kappa shape index (κ3) is 2.63. The van der Waals surface area contributed by atoms with Crippen LogP contribution in [0.1, 0.15) is 33.8 Å². The van der Waals surface area contributed by atoms with Gasteiger partial charge in [-0.1, -0.05) is 0 Å². The predicted molar refractivity (Wildman–Crippen MR) is 66.2 cm³/mol. The van der Waals surface area contributed by atoms with Gasteiger partial charge in [-0.25, -0.2) is 9.78 Å². The molecule has 0 aliphatic carbocycles. The van der Waals surface area contributed by atoms with Crippen molar-refractivity contribution >= 4 is 17.8 Å². The summed E-state index contributed by atoms with van der Waals surface area (Å²) in [5.74, 6) is -2.46. The number of aromatic amines is 1. The summed E-state index contributed by atoms with van der Waals surface area (Å²) in [4.78, 5) is 42.4. The maximum Gasteiger partial charge on any atom is 0.354 e. The Morgan fingerprint density at radius 2 is 2.25 bits per heavy atom. The lowest BCUT2D eigenvalue weighted by Crippen LogP contribution is -2.43. The highest BCUT2D eigenvalue weighted by atomic mass is 16.5. The summed E-state index contributed by atoms with van der Waals surface area (Å²) in [6.45, 7) is 0.690. The van der Waals surface area contributed by atoms with Gasteiger partial charge in [-0.3, -0.25) is 9.59 Å². The highest BCUT2D eigenvalue weighted by Gasteiger charge is 2.32. The van der Waals surface area contributed by atoms with Gasteiger partial charge in [-0.05, 0) is 12.8 Å². The van der Waals surface area contributed by atoms with Crippen LogP contribution in [0, 0.1) is 5.92 Å². The molecule has 0 saturated carbocycles. The van der Waals surface area contributed by atoms with Crippen LogP contribution in [0.5, 0.6) is 0 Å². The van der Waals surface area contributed by atoms with Crippen molar-refractivity contribution in [3.8, 4) is 0 Å². The van der Waals surface area contributed by atoms with E-state index in [0.717, 1.165) is 0 Å². The molecule has 8 heteroatoms. The van der Waals surface area contributed by atoms with Crippen LogP contribution in [0.3, 0.4) is 0 Å². The number of piperidine rings is 1. The maximum atomic E-state index is 12.3. The van der Waals surface area contributed by atoms with Crippen LogP contribution in [-0.2, 0) is 9.53 Å². The molecule has 20 heavy (non-hydrogen) atoms. The van der Waals surface area contributed by atoms with E-state index in [4.69, 9.17) is 5.11 Å². The number of nitrogens with zero attached hydrogens (tertiary/aromatic N) is 2. The molecule has 0 bridgehead atoms. The number of carbonyl (C=O) groups is 3. The standard InChI is InChI=1S/C12H15N3O5/c1-20-12(19)7-3-2-4-15(5-7)10(16)8-9(11(17)18)14-6-13-8/h6-7H,2-5H2,1H3,(H,13,14)(H,17,18). The highest BCUT2D eigenvalue weighted by molar-refractivity contribution is 6.02. The lowest BCUT2D eigenvalue weighted by molar-refractivity contribution is -0.146. The molecule has 1 aromatic rings. The molecular formula is C12H15N3O5. The Morgan fingerprint density at radius 1 is 1.50 bits per heavy atom. The number of rotatable bonds is 3. The fourth-order valence-corrected chi connectivity index (χ4v) is 2.29. The van der Waals surface area contributed by atoms with Gasteiger partial charge >= 0.3 is 11.9 Å². The van der Waals surface area contributed by atoms with Gasteiger partial charge in [0.15, 0.2) is 11.4 Å². The number of amides is 1. The van der Waals surface area contributed by atoms with Crippen LogP contribution < -0.4 is 0 Å². The summed E-state index contributed by atoms with van der Waals surface area (Å²) in [5, 5.41) is 8.96. The van der Waals surface area contributed by atoms with E-state index in [0.29, 0.717) is 19.4 Å². The first-order valence-corrected chi connectivity index (χ1v) is 6.18. The number of likely N-dealkylation sites (tertiary alicyclic amines) is 1. The van der Waals surface area contributed by atoms with Crippen molar-refractivity contribution in [3.63, 3.8) is 0 Å². The van der Waals surface area contributed by atoms with E-state index in [1.54, 1.807) is 0 Å². The number of carboxylic acids is 1. The molecule has 1 aliphatic heterocycles. The van der Waals surface area contributed by atoms with E-state index in [2.05, 4.69) is 14.7 Å². The predicted octanol–water partition coefficient (Wildman–Crippen LogP) is 0.133. The van der Waals surface area contributed by atoms with Gasteiger partial charge in [0.1, 0.15) is 0 Å². The number of hydrogen-bond acceptors (Lipinski definition) is 5. The molecule has 1 atom stereocenters. The number of carboxylic acid groups (broad SMARTS) is 1. The summed E-state index contributed by atoms with van der Waals surface area (Å²) in [6.07, 6.45) is 2.49. The Morgan fingerprint density at radius 3 is 2.90 bits per heavy atom. The molecule has 0 spiro atoms. The first-order chi connectivity index (χ1) is 9.54. The van der Waals surface area contributed by atoms with Gasteiger partial charge in [-0.2, -0.15) is 0 Å². The Labute approximate surface area is 114 Å². The normalized spacial score (nSPS) is 18.6. The van der Waals surface area contributed by atoms with Crippen LogP contribution in [0.4, 0.5) is 0 Å².